The molecule has 7 aromatic rings. The highest BCUT2D eigenvalue weighted by atomic mass is 14.9. The van der Waals surface area contributed by atoms with Gasteiger partial charge >= 0.3 is 0 Å². The van der Waals surface area contributed by atoms with Crippen LogP contribution < -0.4 is 0 Å². The van der Waals surface area contributed by atoms with E-state index in [0.29, 0.717) is 53.3 Å². The van der Waals surface area contributed by atoms with Crippen LogP contribution in [0.3, 0.4) is 0 Å². The fourth-order valence-corrected chi connectivity index (χ4v) is 10.4. The lowest BCUT2D eigenvalue weighted by Crippen LogP contribution is -2.07. The number of benzene rings is 3. The van der Waals surface area contributed by atoms with Gasteiger partial charge in [-0.2, -0.15) is 0 Å². The number of nitrogens with zero attached hydrogens (tertiary/aromatic N) is 2. The molecule has 0 aliphatic heterocycles. The van der Waals surface area contributed by atoms with E-state index in [1.165, 1.54) is 85.1 Å². The molecule has 0 spiro atoms. The molecule has 0 saturated carbocycles. The van der Waals surface area contributed by atoms with Crippen molar-refractivity contribution in [3.05, 3.63) is 199 Å². The molecular formula is C81H130N2. The van der Waals surface area contributed by atoms with Gasteiger partial charge in [0.2, 0.25) is 0 Å². The van der Waals surface area contributed by atoms with Gasteiger partial charge in [-0.3, -0.25) is 0 Å². The van der Waals surface area contributed by atoms with Crippen LogP contribution in [0, 0.1) is 23.7 Å². The van der Waals surface area contributed by atoms with Gasteiger partial charge in [0, 0.05) is 35.8 Å². The first-order valence-electron chi connectivity index (χ1n) is 30.4. The van der Waals surface area contributed by atoms with Crippen molar-refractivity contribution < 1.29 is 0 Å². The summed E-state index contributed by atoms with van der Waals surface area (Å²) in [4.78, 5) is 0. The number of allylic oxidation sites excluding steroid dienone is 2. The summed E-state index contributed by atoms with van der Waals surface area (Å²) in [6, 6.07) is 34.5. The summed E-state index contributed by atoms with van der Waals surface area (Å²) in [7, 11) is 0. The molecule has 83 heavy (non-hydrogen) atoms. The number of fused-ring (bicyclic) bond motifs is 5. The summed E-state index contributed by atoms with van der Waals surface area (Å²) in [6.07, 6.45) is 18.5. The van der Waals surface area contributed by atoms with E-state index in [2.05, 4.69) is 275 Å². The molecule has 3 aliphatic rings. The average molecular weight is 1130 g/mol. The van der Waals surface area contributed by atoms with Gasteiger partial charge in [0.15, 0.2) is 0 Å². The summed E-state index contributed by atoms with van der Waals surface area (Å²) in [5, 5.41) is 0. The van der Waals surface area contributed by atoms with E-state index in [4.69, 9.17) is 0 Å². The van der Waals surface area contributed by atoms with Gasteiger partial charge in [-0.05, 0) is 193 Å². The summed E-state index contributed by atoms with van der Waals surface area (Å²) in [6.45, 7) is 49.2. The highest BCUT2D eigenvalue weighted by molar-refractivity contribution is 5.66. The van der Waals surface area contributed by atoms with Crippen molar-refractivity contribution >= 4 is 23.2 Å². The third kappa shape index (κ3) is 21.9. The molecule has 0 saturated heterocycles. The molecule has 10 rings (SSSR count). The minimum absolute atomic E-state index is 0. The van der Waals surface area contributed by atoms with Crippen molar-refractivity contribution in [1.82, 2.24) is 8.80 Å². The minimum atomic E-state index is 0. The van der Waals surface area contributed by atoms with E-state index in [1.54, 1.807) is 22.3 Å². The normalized spacial score (nSPS) is 13.3. The van der Waals surface area contributed by atoms with E-state index >= 15 is 0 Å². The summed E-state index contributed by atoms with van der Waals surface area (Å²) in [5.74, 6) is 7.40. The molecule has 1 atom stereocenters. The Morgan fingerprint density at radius 2 is 0.687 bits per heavy atom. The maximum Gasteiger partial charge on any atom is 0.0455 e. The summed E-state index contributed by atoms with van der Waals surface area (Å²) in [5.41, 5.74) is 24.9. The maximum atomic E-state index is 2.43. The smallest absolute Gasteiger partial charge is 0.0455 e. The Bertz CT molecular complexity index is 2890. The lowest BCUT2D eigenvalue weighted by molar-refractivity contribution is 0.404. The molecule has 0 fully saturated rings. The van der Waals surface area contributed by atoms with Crippen molar-refractivity contribution in [1.29, 1.82) is 0 Å². The second-order valence-electron chi connectivity index (χ2n) is 25.7. The predicted molar refractivity (Wildman–Crippen MR) is 383 cm³/mol. The standard InChI is InChI=1S/C15H22.2C15H20.2C14H19N.C2H6.6CH4/c3*1-10(2)12-5-6-13-8-14(11(3)4)9-15(13)7-12;1-10(2)12-5-6-14-7-13(11(3)4)9-15(14)8-12;1-10(2)12-5-6-15-9-13(11(3)4)8-14(15)7-12;1-2;;;;;;/h5-7,10-11,14H,8-9H2,1-4H3;5-7,9-11H,8H2,1-4H3;5-8,10-11H,9H2,1-4H3;2*5-11H,1-4H3;1-2H3;6*1H4. The highest BCUT2D eigenvalue weighted by Gasteiger charge is 2.24. The maximum absolute atomic E-state index is 2.43. The van der Waals surface area contributed by atoms with Crippen LogP contribution in [0.1, 0.15) is 311 Å². The van der Waals surface area contributed by atoms with Gasteiger partial charge in [-0.25, -0.2) is 0 Å². The molecule has 1 unspecified atom stereocenters. The molecule has 3 aromatic carbocycles. The first kappa shape index (κ1) is 79.7. The SMILES string of the molecule is C.C.C.C.C.C.CC.CC(C)C1=Cc2cc(C(C)C)ccc2C1.CC(C)C1=Cc2ccc(C(C)C)cc2C1.CC(C)c1ccc2c(c1)CC(C(C)C)C2.CC(C)c1ccc2cc(C(C)C)cn2c1.CC(C)c1ccn2cc(C(C)C)cc2c1. The van der Waals surface area contributed by atoms with Crippen molar-refractivity contribution in [2.75, 3.05) is 0 Å². The van der Waals surface area contributed by atoms with Crippen LogP contribution in [0.15, 0.2) is 127 Å². The topological polar surface area (TPSA) is 8.82 Å². The summed E-state index contributed by atoms with van der Waals surface area (Å²) < 4.78 is 4.45. The zero-order chi connectivity index (χ0) is 57.0. The summed E-state index contributed by atoms with van der Waals surface area (Å²) >= 11 is 0. The Morgan fingerprint density at radius 1 is 0.313 bits per heavy atom. The molecule has 2 heteroatoms. The number of rotatable bonds is 10. The third-order valence-corrected chi connectivity index (χ3v) is 16.4. The molecule has 0 bridgehead atoms. The number of hydrogen-bond acceptors (Lipinski definition) is 0. The van der Waals surface area contributed by atoms with E-state index < -0.39 is 0 Å². The lowest BCUT2D eigenvalue weighted by atomic mass is 9.93. The Morgan fingerprint density at radius 3 is 1.18 bits per heavy atom. The van der Waals surface area contributed by atoms with Crippen LogP contribution in [0.25, 0.3) is 23.2 Å². The van der Waals surface area contributed by atoms with E-state index in [1.807, 2.05) is 13.8 Å². The van der Waals surface area contributed by atoms with Gasteiger partial charge in [-0.1, -0.05) is 281 Å². The van der Waals surface area contributed by atoms with E-state index in [0.717, 1.165) is 24.7 Å². The molecule has 4 aromatic heterocycles. The largest absolute Gasteiger partial charge is 0.324 e. The molecular weight excluding hydrogens is 1000 g/mol. The van der Waals surface area contributed by atoms with Gasteiger partial charge < -0.3 is 8.80 Å². The Labute approximate surface area is 516 Å². The molecule has 0 radical (unpaired) electrons. The van der Waals surface area contributed by atoms with Crippen LogP contribution >= 0.6 is 0 Å². The van der Waals surface area contributed by atoms with E-state index in [-0.39, 0.29) is 44.6 Å². The molecule has 3 aliphatic carbocycles. The second kappa shape index (κ2) is 36.5. The minimum Gasteiger partial charge on any atom is -0.324 e. The van der Waals surface area contributed by atoms with Crippen molar-refractivity contribution in [2.45, 2.75) is 264 Å². The zero-order valence-electron chi connectivity index (χ0n) is 52.7. The van der Waals surface area contributed by atoms with Crippen molar-refractivity contribution in [2.24, 2.45) is 23.7 Å². The monoisotopic (exact) mass is 1130 g/mol. The Balaban J connectivity index is 0. The predicted octanol–water partition coefficient (Wildman–Crippen LogP) is 26.2. The molecule has 0 N–H and O–H groups in total. The number of hydrogen-bond donors (Lipinski definition) is 0. The van der Waals surface area contributed by atoms with Gasteiger partial charge in [0.05, 0.1) is 0 Å². The molecule has 464 valence electrons. The first-order valence-corrected chi connectivity index (χ1v) is 30.4. The quantitative estimate of drug-likeness (QED) is 0.129. The van der Waals surface area contributed by atoms with Crippen LogP contribution in [0.4, 0.5) is 0 Å². The first-order chi connectivity index (χ1) is 36.4. The van der Waals surface area contributed by atoms with Crippen molar-refractivity contribution in [3.63, 3.8) is 0 Å². The number of aromatic nitrogens is 2. The van der Waals surface area contributed by atoms with Crippen LogP contribution in [-0.2, 0) is 25.7 Å². The zero-order valence-corrected chi connectivity index (χ0v) is 52.7. The third-order valence-electron chi connectivity index (χ3n) is 16.4. The second-order valence-corrected chi connectivity index (χ2v) is 25.7. The number of pyridine rings is 2. The Kier molecular flexibility index (Phi) is 35.1. The van der Waals surface area contributed by atoms with Gasteiger partial charge in [0.25, 0.3) is 0 Å². The average Bonchev–Trinajstić information content (AvgIpc) is 4.48. The van der Waals surface area contributed by atoms with Crippen LogP contribution in [-0.4, -0.2) is 8.80 Å². The fraction of sp³-hybridized carbons (Fsp3) is 0.531. The van der Waals surface area contributed by atoms with E-state index in [9.17, 15) is 0 Å². The van der Waals surface area contributed by atoms with Gasteiger partial charge in [0.1, 0.15) is 0 Å². The highest BCUT2D eigenvalue weighted by Crippen LogP contribution is 2.35. The van der Waals surface area contributed by atoms with Crippen LogP contribution in [0.5, 0.6) is 0 Å². The van der Waals surface area contributed by atoms with Gasteiger partial charge in [-0.15, -0.1) is 0 Å². The molecule has 4 heterocycles. The molecule has 0 amide bonds. The van der Waals surface area contributed by atoms with Crippen molar-refractivity contribution in [3.8, 4) is 0 Å². The Hall–Kier alpha value is -5.34. The van der Waals surface area contributed by atoms with Crippen LogP contribution in [0.2, 0.25) is 0 Å². The lowest BCUT2D eigenvalue weighted by Gasteiger charge is -2.12. The fourth-order valence-electron chi connectivity index (χ4n) is 10.4. The molecule has 2 nitrogen and oxygen atoms in total.